The predicted molar refractivity (Wildman–Crippen MR) is 280 cm³/mol. The van der Waals surface area contributed by atoms with E-state index in [4.69, 9.17) is 4.74 Å². The molecule has 2 aliphatic heterocycles. The molecule has 3 aliphatic rings. The number of ether oxygens (including phenoxy) is 1. The van der Waals surface area contributed by atoms with Gasteiger partial charge in [0.1, 0.15) is 12.1 Å². The van der Waals surface area contributed by atoms with Crippen LogP contribution in [-0.4, -0.2) is 115 Å². The number of carbonyl (C=O) groups is 8. The molecule has 4 N–H and O–H groups in total. The van der Waals surface area contributed by atoms with Crippen molar-refractivity contribution in [2.24, 2.45) is 18.9 Å². The first-order chi connectivity index (χ1) is 36.5. The molecule has 0 fully saturated rings. The molecule has 394 valence electrons. The maximum Gasteiger partial charge on any atom is 0.330 e. The van der Waals surface area contributed by atoms with Crippen LogP contribution in [0.5, 0.6) is 0 Å². The molecular formula is C57H62N10O9. The molecule has 0 bridgehead atoms. The summed E-state index contributed by atoms with van der Waals surface area (Å²) >= 11 is 0. The van der Waals surface area contributed by atoms with Crippen LogP contribution < -0.4 is 21.3 Å². The van der Waals surface area contributed by atoms with Gasteiger partial charge in [-0.3, -0.25) is 49.2 Å². The highest BCUT2D eigenvalue weighted by Crippen LogP contribution is 2.32. The number of fused-ring (bicyclic) bond motifs is 5. The fourth-order valence-corrected chi connectivity index (χ4v) is 10.5. The lowest BCUT2D eigenvalue weighted by atomic mass is 9.87. The smallest absolute Gasteiger partial charge is 0.330 e. The van der Waals surface area contributed by atoms with Gasteiger partial charge in [-0.1, -0.05) is 100 Å². The van der Waals surface area contributed by atoms with Crippen LogP contribution in [0.3, 0.4) is 0 Å². The Morgan fingerprint density at radius 2 is 1.07 bits per heavy atom. The number of nitrogens with one attached hydrogen (secondary N) is 4. The molecule has 6 aromatic rings. The maximum atomic E-state index is 14.8. The normalized spacial score (nSPS) is 16.7. The van der Waals surface area contributed by atoms with E-state index in [0.29, 0.717) is 12.2 Å². The van der Waals surface area contributed by atoms with Crippen LogP contribution in [0.2, 0.25) is 0 Å². The van der Waals surface area contributed by atoms with Gasteiger partial charge in [0, 0.05) is 20.1 Å². The number of amides is 6. The molecule has 3 heterocycles. The highest BCUT2D eigenvalue weighted by Gasteiger charge is 2.41. The molecule has 1 aliphatic carbocycles. The zero-order valence-corrected chi connectivity index (χ0v) is 43.2. The van der Waals surface area contributed by atoms with E-state index in [9.17, 15) is 38.4 Å². The van der Waals surface area contributed by atoms with Crippen LogP contribution in [0.1, 0.15) is 131 Å². The fourth-order valence-electron chi connectivity index (χ4n) is 10.5. The van der Waals surface area contributed by atoms with Crippen LogP contribution in [0.25, 0.3) is 21.5 Å². The Labute approximate surface area is 439 Å². The average molecular weight is 1030 g/mol. The van der Waals surface area contributed by atoms with Crippen molar-refractivity contribution in [2.75, 3.05) is 13.1 Å². The Kier molecular flexibility index (Phi) is 15.9. The Bertz CT molecular complexity index is 3150. The monoisotopic (exact) mass is 1030 g/mol. The summed E-state index contributed by atoms with van der Waals surface area (Å²) in [5, 5.41) is 26.7. The lowest BCUT2D eigenvalue weighted by Gasteiger charge is -2.31. The van der Waals surface area contributed by atoms with Crippen LogP contribution in [-0.2, 0) is 43.9 Å². The number of aryl methyl sites for hydroxylation is 2. The number of benzene rings is 5. The van der Waals surface area contributed by atoms with Crippen LogP contribution in [0.4, 0.5) is 0 Å². The summed E-state index contributed by atoms with van der Waals surface area (Å²) < 4.78 is 7.17. The highest BCUT2D eigenvalue weighted by molar-refractivity contribution is 6.24. The third-order valence-corrected chi connectivity index (χ3v) is 14.4. The topological polar surface area (TPSA) is 244 Å². The maximum absolute atomic E-state index is 14.8. The summed E-state index contributed by atoms with van der Waals surface area (Å²) in [6, 6.07) is 24.0. The molecule has 9 rings (SSSR count). The third kappa shape index (κ3) is 11.4. The van der Waals surface area contributed by atoms with Crippen molar-refractivity contribution in [3.05, 3.63) is 136 Å². The van der Waals surface area contributed by atoms with Gasteiger partial charge in [0.05, 0.1) is 46.9 Å². The zero-order valence-electron chi connectivity index (χ0n) is 43.2. The number of rotatable bonds is 21. The quantitative estimate of drug-likeness (QED) is 0.0395. The van der Waals surface area contributed by atoms with Gasteiger partial charge in [-0.2, -0.15) is 0 Å². The van der Waals surface area contributed by atoms with Gasteiger partial charge in [0.25, 0.3) is 23.6 Å². The second-order valence-corrected chi connectivity index (χ2v) is 20.7. The van der Waals surface area contributed by atoms with Crippen molar-refractivity contribution in [2.45, 2.75) is 109 Å². The Balaban J connectivity index is 0.996. The highest BCUT2D eigenvalue weighted by atomic mass is 16.6. The number of nitrogens with zero attached hydrogens (tertiary/aromatic N) is 6. The van der Waals surface area contributed by atoms with E-state index in [1.165, 1.54) is 4.68 Å². The van der Waals surface area contributed by atoms with Crippen LogP contribution in [0.15, 0.2) is 97.1 Å². The molecule has 5 aromatic carbocycles. The van der Waals surface area contributed by atoms with Crippen molar-refractivity contribution < 1.29 is 43.1 Å². The van der Waals surface area contributed by atoms with Crippen molar-refractivity contribution in [1.82, 2.24) is 51.3 Å². The summed E-state index contributed by atoms with van der Waals surface area (Å²) in [6.07, 6.45) is 2.35. The first-order valence-corrected chi connectivity index (χ1v) is 26.0. The summed E-state index contributed by atoms with van der Waals surface area (Å²) in [5.74, 6) is -5.21. The second kappa shape index (κ2) is 22.8. The molecule has 0 saturated carbocycles. The van der Waals surface area contributed by atoms with Gasteiger partial charge in [0.2, 0.25) is 11.8 Å². The van der Waals surface area contributed by atoms with Crippen LogP contribution >= 0.6 is 0 Å². The Morgan fingerprint density at radius 1 is 0.618 bits per heavy atom. The van der Waals surface area contributed by atoms with Crippen molar-refractivity contribution in [3.8, 4) is 0 Å². The molecule has 19 heteroatoms. The number of aromatic nitrogens is 4. The average Bonchev–Trinajstić information content (AvgIpc) is 4.02. The molecule has 0 radical (unpaired) electrons. The number of hydrogen-bond acceptors (Lipinski definition) is 14. The molecule has 19 nitrogen and oxygen atoms in total. The molecule has 1 aromatic heterocycles. The number of carbonyl (C=O) groups excluding carboxylic acids is 8. The minimum Gasteiger partial charge on any atom is -0.391 e. The number of esters is 2. The van der Waals surface area contributed by atoms with E-state index < -0.39 is 65.6 Å². The van der Waals surface area contributed by atoms with E-state index in [0.717, 1.165) is 55.3 Å². The van der Waals surface area contributed by atoms with Crippen molar-refractivity contribution >= 4 is 68.9 Å². The van der Waals surface area contributed by atoms with Gasteiger partial charge in [-0.15, -0.1) is 5.10 Å². The molecule has 76 heavy (non-hydrogen) atoms. The van der Waals surface area contributed by atoms with Crippen molar-refractivity contribution in [3.63, 3.8) is 0 Å². The Morgan fingerprint density at radius 3 is 1.51 bits per heavy atom. The first kappa shape index (κ1) is 52.8. The van der Waals surface area contributed by atoms with Gasteiger partial charge in [-0.05, 0) is 124 Å². The summed E-state index contributed by atoms with van der Waals surface area (Å²) in [5.41, 5.74) is 2.97. The zero-order chi connectivity index (χ0) is 53.8. The molecule has 0 saturated heterocycles. The summed E-state index contributed by atoms with van der Waals surface area (Å²) in [7, 11) is 1.62. The SMILES string of the molecule is CC(C)C[C@H](N[C@H](CCN1C(=O)c2cc3ccccc3cc2C1=O)C(=O)OC(=O)[C@@H](CCN1C(=O)c2cc3ccccc3cc2C1=O)N[C@@H](CC(C)C)C(=O)NC1CCCc2ccccc21)C(=O)NCc1nnnn1C. The van der Waals surface area contributed by atoms with Gasteiger partial charge in [-0.25, -0.2) is 14.3 Å². The van der Waals surface area contributed by atoms with Crippen molar-refractivity contribution in [1.29, 1.82) is 0 Å². The standard InChI is InChI=1S/C57H62N10O9/c1-32(2)25-47(50(68)58-31-49-62-63-64-65(49)5)59-45(21-23-66-52(70)40-27-35-14-6-7-15-36(35)28-41(40)53(66)71)56(74)76-57(75)46(22-24-67-54(72)42-29-37-16-8-9-17-38(37)30-43(42)55(67)73)60-48(26-33(3)4)51(69)61-44-20-12-18-34-13-10-11-19-39(34)44/h6-11,13-17,19,27-30,32-33,44-48,59-60H,12,18,20-26,31H2,1-5H3,(H,58,68)(H,61,69)/t44?,45-,46-,47+,48+/m1/s1. The van der Waals surface area contributed by atoms with Gasteiger partial charge >= 0.3 is 11.9 Å². The number of tetrazole rings is 1. The number of imide groups is 2. The van der Waals surface area contributed by atoms with E-state index in [2.05, 4.69) is 36.8 Å². The summed E-state index contributed by atoms with van der Waals surface area (Å²) in [6.45, 7) is 6.99. The van der Waals surface area contributed by atoms with E-state index in [-0.39, 0.29) is 91.4 Å². The predicted octanol–water partition coefficient (Wildman–Crippen LogP) is 5.51. The van der Waals surface area contributed by atoms with Gasteiger partial charge in [0.15, 0.2) is 5.82 Å². The lowest BCUT2D eigenvalue weighted by molar-refractivity contribution is -0.163. The molecule has 5 atom stereocenters. The first-order valence-electron chi connectivity index (χ1n) is 26.0. The van der Waals surface area contributed by atoms with Gasteiger partial charge < -0.3 is 15.4 Å². The van der Waals surface area contributed by atoms with E-state index in [1.807, 2.05) is 100 Å². The molecular weight excluding hydrogens is 969 g/mol. The molecule has 0 spiro atoms. The lowest BCUT2D eigenvalue weighted by Crippen LogP contribution is -2.55. The minimum atomic E-state index is -1.47. The van der Waals surface area contributed by atoms with Crippen LogP contribution in [0, 0.1) is 11.8 Å². The Hall–Kier alpha value is -8.03. The summed E-state index contributed by atoms with van der Waals surface area (Å²) in [4.78, 5) is 116. The number of hydrogen-bond donors (Lipinski definition) is 4. The van der Waals surface area contributed by atoms with E-state index >= 15 is 0 Å². The van der Waals surface area contributed by atoms with E-state index in [1.54, 1.807) is 31.3 Å². The molecule has 1 unspecified atom stereocenters. The second-order valence-electron chi connectivity index (χ2n) is 20.7. The fraction of sp³-hybridized carbons (Fsp3) is 0.386. The third-order valence-electron chi connectivity index (χ3n) is 14.4. The largest absolute Gasteiger partial charge is 0.391 e. The molecule has 6 amide bonds. The minimum absolute atomic E-state index is 0.0507.